The van der Waals surface area contributed by atoms with Crippen molar-refractivity contribution in [1.82, 2.24) is 14.9 Å². The number of aryl methyl sites for hydroxylation is 1. The summed E-state index contributed by atoms with van der Waals surface area (Å²) in [5, 5.41) is 0. The van der Waals surface area contributed by atoms with Gasteiger partial charge in [-0.2, -0.15) is 0 Å². The molecule has 1 amide bonds. The fourth-order valence-electron chi connectivity index (χ4n) is 3.45. The Labute approximate surface area is 131 Å². The monoisotopic (exact) mass is 304 g/mol. The summed E-state index contributed by atoms with van der Waals surface area (Å²) >= 11 is 0. The van der Waals surface area contributed by atoms with Crippen LogP contribution in [0.1, 0.15) is 24.8 Å². The third kappa shape index (κ3) is 2.92. The van der Waals surface area contributed by atoms with Crippen molar-refractivity contribution in [3.63, 3.8) is 0 Å². The Morgan fingerprint density at radius 3 is 2.82 bits per heavy atom. The summed E-state index contributed by atoms with van der Waals surface area (Å²) in [4.78, 5) is 24.8. The minimum absolute atomic E-state index is 0.0584. The Kier molecular flexibility index (Phi) is 4.04. The van der Waals surface area contributed by atoms with E-state index < -0.39 is 0 Å². The van der Waals surface area contributed by atoms with E-state index in [9.17, 15) is 4.79 Å². The van der Waals surface area contributed by atoms with Crippen LogP contribution in [0.15, 0.2) is 12.4 Å². The molecule has 0 aliphatic carbocycles. The molecule has 3 heterocycles. The van der Waals surface area contributed by atoms with Crippen molar-refractivity contribution in [2.45, 2.75) is 32.3 Å². The van der Waals surface area contributed by atoms with E-state index in [-0.39, 0.29) is 17.4 Å². The molecule has 1 aromatic heterocycles. The number of aromatic nitrogens is 2. The Morgan fingerprint density at radius 1 is 1.41 bits per heavy atom. The molecule has 0 bridgehead atoms. The minimum atomic E-state index is -0.297. The highest BCUT2D eigenvalue weighted by Crippen LogP contribution is 2.41. The lowest BCUT2D eigenvalue weighted by molar-refractivity contribution is -0.138. The zero-order valence-corrected chi connectivity index (χ0v) is 13.6. The largest absolute Gasteiger partial charge is 0.368 e. The minimum Gasteiger partial charge on any atom is -0.368 e. The van der Waals surface area contributed by atoms with Crippen LogP contribution in [0.5, 0.6) is 0 Å². The summed E-state index contributed by atoms with van der Waals surface area (Å²) in [6, 6.07) is 0. The number of ether oxygens (including phenoxy) is 1. The topological polar surface area (TPSA) is 58.6 Å². The maximum atomic E-state index is 12.1. The molecule has 2 fully saturated rings. The first-order valence-corrected chi connectivity index (χ1v) is 7.85. The standard InChI is InChI=1S/C16H24N4O2/c1-12-8-17-15(18-9-12)20-6-4-5-16(10-20)7-13(22-11-16)14(21)19(2)3/h8-9,13H,4-7,10-11H2,1-3H3. The Morgan fingerprint density at radius 2 is 2.14 bits per heavy atom. The van der Waals surface area contributed by atoms with Gasteiger partial charge in [0.1, 0.15) is 6.10 Å². The molecule has 0 aromatic carbocycles. The molecule has 6 heteroatoms. The van der Waals surface area contributed by atoms with Crippen LogP contribution in [0.25, 0.3) is 0 Å². The summed E-state index contributed by atoms with van der Waals surface area (Å²) in [5.74, 6) is 0.854. The van der Waals surface area contributed by atoms with Gasteiger partial charge in [-0.3, -0.25) is 4.79 Å². The molecule has 0 saturated carbocycles. The zero-order chi connectivity index (χ0) is 15.7. The molecule has 2 atom stereocenters. The summed E-state index contributed by atoms with van der Waals surface area (Å²) in [6.07, 6.45) is 6.40. The van der Waals surface area contributed by atoms with Crippen LogP contribution in [-0.2, 0) is 9.53 Å². The number of nitrogens with zero attached hydrogens (tertiary/aromatic N) is 4. The van der Waals surface area contributed by atoms with E-state index >= 15 is 0 Å². The molecule has 120 valence electrons. The summed E-state index contributed by atoms with van der Waals surface area (Å²) in [5.41, 5.74) is 1.12. The SMILES string of the molecule is Cc1cnc(N2CCCC3(COC(C(=O)N(C)C)C3)C2)nc1. The van der Waals surface area contributed by atoms with Gasteiger partial charge in [-0.25, -0.2) is 9.97 Å². The number of rotatable bonds is 2. The number of anilines is 1. The van der Waals surface area contributed by atoms with Crippen LogP contribution >= 0.6 is 0 Å². The van der Waals surface area contributed by atoms with Crippen LogP contribution in [0.2, 0.25) is 0 Å². The smallest absolute Gasteiger partial charge is 0.251 e. The first kappa shape index (κ1) is 15.2. The lowest BCUT2D eigenvalue weighted by Crippen LogP contribution is -2.45. The predicted molar refractivity (Wildman–Crippen MR) is 83.7 cm³/mol. The lowest BCUT2D eigenvalue weighted by atomic mass is 9.78. The van der Waals surface area contributed by atoms with E-state index in [1.807, 2.05) is 19.3 Å². The lowest BCUT2D eigenvalue weighted by Gasteiger charge is -2.39. The summed E-state index contributed by atoms with van der Waals surface area (Å²) in [6.45, 7) is 4.48. The van der Waals surface area contributed by atoms with Crippen molar-refractivity contribution in [3.05, 3.63) is 18.0 Å². The number of hydrogen-bond donors (Lipinski definition) is 0. The van der Waals surface area contributed by atoms with Crippen LogP contribution in [0.4, 0.5) is 5.95 Å². The Balaban J connectivity index is 1.71. The van der Waals surface area contributed by atoms with E-state index in [0.29, 0.717) is 6.61 Å². The third-order valence-corrected chi connectivity index (χ3v) is 4.64. The second-order valence-corrected chi connectivity index (χ2v) is 6.82. The van der Waals surface area contributed by atoms with E-state index in [2.05, 4.69) is 14.9 Å². The summed E-state index contributed by atoms with van der Waals surface area (Å²) < 4.78 is 5.81. The highest BCUT2D eigenvalue weighted by atomic mass is 16.5. The summed E-state index contributed by atoms with van der Waals surface area (Å²) in [7, 11) is 3.56. The Hall–Kier alpha value is -1.69. The van der Waals surface area contributed by atoms with E-state index in [4.69, 9.17) is 4.74 Å². The molecule has 0 radical (unpaired) electrons. The van der Waals surface area contributed by atoms with Crippen molar-refractivity contribution in [1.29, 1.82) is 0 Å². The van der Waals surface area contributed by atoms with Crippen molar-refractivity contribution >= 4 is 11.9 Å². The molecule has 0 N–H and O–H groups in total. The van der Waals surface area contributed by atoms with Gasteiger partial charge in [0, 0.05) is 45.0 Å². The molecule has 2 aliphatic rings. The third-order valence-electron chi connectivity index (χ3n) is 4.64. The number of hydrogen-bond acceptors (Lipinski definition) is 5. The molecule has 1 aromatic rings. The maximum absolute atomic E-state index is 12.1. The van der Waals surface area contributed by atoms with Gasteiger partial charge >= 0.3 is 0 Å². The highest BCUT2D eigenvalue weighted by molar-refractivity contribution is 5.80. The second kappa shape index (κ2) is 5.83. The maximum Gasteiger partial charge on any atom is 0.251 e. The fraction of sp³-hybridized carbons (Fsp3) is 0.688. The van der Waals surface area contributed by atoms with E-state index in [1.54, 1.807) is 19.0 Å². The van der Waals surface area contributed by atoms with Crippen LogP contribution in [-0.4, -0.2) is 60.7 Å². The molecule has 22 heavy (non-hydrogen) atoms. The van der Waals surface area contributed by atoms with Crippen LogP contribution in [0.3, 0.4) is 0 Å². The molecule has 1 spiro atoms. The molecule has 2 aliphatic heterocycles. The van der Waals surface area contributed by atoms with Gasteiger partial charge in [0.2, 0.25) is 5.95 Å². The first-order chi connectivity index (χ1) is 10.5. The molecular formula is C16H24N4O2. The van der Waals surface area contributed by atoms with Gasteiger partial charge in [-0.15, -0.1) is 0 Å². The van der Waals surface area contributed by atoms with Crippen molar-refractivity contribution in [3.8, 4) is 0 Å². The van der Waals surface area contributed by atoms with Crippen molar-refractivity contribution < 1.29 is 9.53 Å². The molecule has 6 nitrogen and oxygen atoms in total. The molecule has 3 rings (SSSR count). The normalized spacial score (nSPS) is 28.1. The van der Waals surface area contributed by atoms with Gasteiger partial charge < -0.3 is 14.5 Å². The zero-order valence-electron chi connectivity index (χ0n) is 13.6. The number of carbonyl (C=O) groups is 1. The number of likely N-dealkylation sites (N-methyl/N-ethyl adjacent to an activating group) is 1. The van der Waals surface area contributed by atoms with Crippen LogP contribution in [0, 0.1) is 12.3 Å². The average Bonchev–Trinajstić information content (AvgIpc) is 2.90. The fourth-order valence-corrected chi connectivity index (χ4v) is 3.45. The Bertz CT molecular complexity index is 546. The second-order valence-electron chi connectivity index (χ2n) is 6.82. The molecule has 2 unspecified atom stereocenters. The van der Waals surface area contributed by atoms with Crippen molar-refractivity contribution in [2.24, 2.45) is 5.41 Å². The van der Waals surface area contributed by atoms with Crippen molar-refractivity contribution in [2.75, 3.05) is 38.7 Å². The highest BCUT2D eigenvalue weighted by Gasteiger charge is 2.46. The number of carbonyl (C=O) groups excluding carboxylic acids is 1. The van der Waals surface area contributed by atoms with E-state index in [0.717, 1.165) is 43.9 Å². The first-order valence-electron chi connectivity index (χ1n) is 7.85. The molecule has 2 saturated heterocycles. The quantitative estimate of drug-likeness (QED) is 0.823. The van der Waals surface area contributed by atoms with E-state index in [1.165, 1.54) is 0 Å². The average molecular weight is 304 g/mol. The number of amides is 1. The van der Waals surface area contributed by atoms with Crippen LogP contribution < -0.4 is 4.90 Å². The van der Waals surface area contributed by atoms with Gasteiger partial charge in [-0.05, 0) is 31.7 Å². The molecular weight excluding hydrogens is 280 g/mol. The van der Waals surface area contributed by atoms with Gasteiger partial charge in [0.15, 0.2) is 0 Å². The number of piperidine rings is 1. The van der Waals surface area contributed by atoms with Gasteiger partial charge in [-0.1, -0.05) is 0 Å². The van der Waals surface area contributed by atoms with Gasteiger partial charge in [0.05, 0.1) is 6.61 Å². The van der Waals surface area contributed by atoms with Gasteiger partial charge in [0.25, 0.3) is 5.91 Å². The predicted octanol–water partition coefficient (Wildman–Crippen LogP) is 1.25.